The van der Waals surface area contributed by atoms with Crippen LogP contribution < -0.4 is 0 Å². The van der Waals surface area contributed by atoms with Gasteiger partial charge in [0.2, 0.25) is 5.76 Å². The van der Waals surface area contributed by atoms with Gasteiger partial charge in [0.15, 0.2) is 29.1 Å². The highest BCUT2D eigenvalue weighted by Crippen LogP contribution is 2.37. The second-order valence-electron chi connectivity index (χ2n) is 15.8. The second-order valence-corrected chi connectivity index (χ2v) is 16.7. The van der Waals surface area contributed by atoms with E-state index in [-0.39, 0.29) is 31.0 Å². The number of Topliss-reactive ketones (excluding diaryl/α,β-unsaturated/α-hetero) is 1. The van der Waals surface area contributed by atoms with Gasteiger partial charge in [-0.05, 0) is 108 Å². The molecule has 1 saturated heterocycles. The number of esters is 4. The maximum atomic E-state index is 13.7. The van der Waals surface area contributed by atoms with Crippen molar-refractivity contribution < 1.29 is 57.5 Å². The average Bonchev–Trinajstić information content (AvgIpc) is 3.19. The maximum absolute atomic E-state index is 13.7. The van der Waals surface area contributed by atoms with E-state index in [1.807, 2.05) is 0 Å². The smallest absolute Gasteiger partial charge is 0.312 e. The number of hydrogen-bond donors (Lipinski definition) is 1. The molecule has 0 bridgehead atoms. The van der Waals surface area contributed by atoms with Gasteiger partial charge >= 0.3 is 23.9 Å². The molecule has 0 aromatic carbocycles. The molecule has 0 amide bonds. The zero-order valence-corrected chi connectivity index (χ0v) is 31.4. The van der Waals surface area contributed by atoms with Gasteiger partial charge in [-0.2, -0.15) is 0 Å². The first-order chi connectivity index (χ1) is 21.2. The second kappa shape index (κ2) is 14.7. The summed E-state index contributed by atoms with van der Waals surface area (Å²) in [4.78, 5) is 65.1. The van der Waals surface area contributed by atoms with Crippen LogP contribution in [0.1, 0.15) is 103 Å². The summed E-state index contributed by atoms with van der Waals surface area (Å²) in [6.07, 6.45) is -4.57. The first kappa shape index (κ1) is 40.2. The lowest BCUT2D eigenvalue weighted by Gasteiger charge is -2.44. The zero-order chi connectivity index (χ0) is 36.4. The van der Waals surface area contributed by atoms with Gasteiger partial charge < -0.3 is 33.5 Å². The van der Waals surface area contributed by atoms with Gasteiger partial charge in [0, 0.05) is 0 Å². The van der Waals surface area contributed by atoms with Gasteiger partial charge in [0.05, 0.1) is 21.7 Å². The molecule has 0 aliphatic carbocycles. The average molecular weight is 732 g/mol. The van der Waals surface area contributed by atoms with E-state index < -0.39 is 86.5 Å². The highest BCUT2D eigenvalue weighted by atomic mass is 79.9. The van der Waals surface area contributed by atoms with Crippen molar-refractivity contribution in [2.75, 3.05) is 6.61 Å². The van der Waals surface area contributed by atoms with Crippen LogP contribution in [0.5, 0.6) is 0 Å². The van der Waals surface area contributed by atoms with Gasteiger partial charge in [-0.15, -0.1) is 0 Å². The minimum atomic E-state index is -1.35. The Labute approximate surface area is 286 Å². The minimum absolute atomic E-state index is 0.0150. The van der Waals surface area contributed by atoms with Crippen molar-refractivity contribution >= 4 is 45.6 Å². The SMILES string of the molecule is CC1=C(O)C(=O)/C(=C(\C)CCC(C)(C)C(=O)O[C@@H]2[C@@H](OC(=O)C(C)(C)C)[C@H](OC(=O)C(C)(C)C)[C@@H](COC(=O)C(C)(C)C)O[C@@H]2Br)O1. The van der Waals surface area contributed by atoms with Crippen molar-refractivity contribution in [1.82, 2.24) is 0 Å². The first-order valence-electron chi connectivity index (χ1n) is 15.6. The van der Waals surface area contributed by atoms with Gasteiger partial charge in [-0.25, -0.2) is 0 Å². The molecule has 1 fully saturated rings. The van der Waals surface area contributed by atoms with Gasteiger partial charge in [0.1, 0.15) is 18.5 Å². The van der Waals surface area contributed by atoms with Crippen LogP contribution in [0.15, 0.2) is 22.9 Å². The van der Waals surface area contributed by atoms with Crippen molar-refractivity contribution in [3.8, 4) is 0 Å². The predicted octanol–water partition coefficient (Wildman–Crippen LogP) is 5.99. The predicted molar refractivity (Wildman–Crippen MR) is 174 cm³/mol. The summed E-state index contributed by atoms with van der Waals surface area (Å²) < 4.78 is 34.9. The molecule has 47 heavy (non-hydrogen) atoms. The Morgan fingerprint density at radius 3 is 1.68 bits per heavy atom. The van der Waals surface area contributed by atoms with Crippen LogP contribution in [0.2, 0.25) is 0 Å². The number of aliphatic hydroxyl groups is 1. The van der Waals surface area contributed by atoms with Crippen LogP contribution in [-0.2, 0) is 52.4 Å². The first-order valence-corrected chi connectivity index (χ1v) is 16.5. The fraction of sp³-hybridized carbons (Fsp3) is 0.735. The van der Waals surface area contributed by atoms with E-state index in [1.54, 1.807) is 83.1 Å². The van der Waals surface area contributed by atoms with E-state index >= 15 is 0 Å². The Morgan fingerprint density at radius 1 is 0.766 bits per heavy atom. The van der Waals surface area contributed by atoms with Crippen LogP contribution in [0.25, 0.3) is 0 Å². The molecule has 0 aromatic rings. The van der Waals surface area contributed by atoms with Crippen molar-refractivity contribution in [3.63, 3.8) is 0 Å². The van der Waals surface area contributed by atoms with E-state index in [0.717, 1.165) is 0 Å². The number of ketones is 1. The summed E-state index contributed by atoms with van der Waals surface area (Å²) >= 11 is 3.41. The van der Waals surface area contributed by atoms with E-state index in [2.05, 4.69) is 15.9 Å². The number of rotatable bonds is 9. The van der Waals surface area contributed by atoms with Crippen LogP contribution in [0.4, 0.5) is 0 Å². The molecular formula is C34H51BrO12. The van der Waals surface area contributed by atoms with E-state index in [1.165, 1.54) is 6.92 Å². The van der Waals surface area contributed by atoms with Gasteiger partial charge in [-0.3, -0.25) is 24.0 Å². The summed E-state index contributed by atoms with van der Waals surface area (Å²) in [6.45, 7) is 21.1. The fourth-order valence-corrected chi connectivity index (χ4v) is 4.86. The third-order valence-corrected chi connectivity index (χ3v) is 8.33. The highest BCUT2D eigenvalue weighted by Gasteiger charge is 2.54. The third-order valence-electron chi connectivity index (χ3n) is 7.60. The lowest BCUT2D eigenvalue weighted by molar-refractivity contribution is -0.245. The summed E-state index contributed by atoms with van der Waals surface area (Å²) in [5.74, 6) is -3.46. The quantitative estimate of drug-likeness (QED) is 0.128. The Morgan fingerprint density at radius 2 is 1.23 bits per heavy atom. The number of carbonyl (C=O) groups is 5. The summed E-state index contributed by atoms with van der Waals surface area (Å²) in [7, 11) is 0. The number of halogens is 1. The number of carbonyl (C=O) groups excluding carboxylic acids is 5. The zero-order valence-electron chi connectivity index (χ0n) is 29.8. The van der Waals surface area contributed by atoms with Crippen LogP contribution in [-0.4, -0.2) is 70.8 Å². The van der Waals surface area contributed by atoms with Crippen molar-refractivity contribution in [3.05, 3.63) is 22.9 Å². The van der Waals surface area contributed by atoms with E-state index in [9.17, 15) is 29.1 Å². The summed E-state index contributed by atoms with van der Waals surface area (Å²) in [6, 6.07) is 0. The molecule has 266 valence electrons. The van der Waals surface area contributed by atoms with Crippen molar-refractivity contribution in [2.24, 2.45) is 21.7 Å². The molecule has 2 rings (SSSR count). The number of ether oxygens (including phenoxy) is 6. The number of alkyl halides is 1. The lowest BCUT2D eigenvalue weighted by atomic mass is 9.86. The Balaban J connectivity index is 2.44. The molecule has 0 unspecified atom stereocenters. The Hall–Kier alpha value is -2.93. The number of allylic oxidation sites excluding steroid dienone is 2. The molecule has 2 heterocycles. The highest BCUT2D eigenvalue weighted by molar-refractivity contribution is 9.09. The molecule has 0 spiro atoms. The standard InChI is InChI=1S/C34H51BrO12/c1-17(22-21(37)20(36)18(2)43-22)14-15-34(12,13)30(41)47-25-24(46-29(40)33(9,10)11)23(45-28(39)32(6,7)8)19(44-26(25)35)16-42-27(38)31(3,4)5/h19,23-26,36H,14-16H2,1-13H3/b22-17-/t19-,23-,24+,25-,26+/m1/s1. The monoisotopic (exact) mass is 730 g/mol. The van der Waals surface area contributed by atoms with Crippen LogP contribution in [0.3, 0.4) is 0 Å². The fourth-order valence-electron chi connectivity index (χ4n) is 4.17. The molecule has 0 aromatic heterocycles. The molecule has 2 aliphatic rings. The topological polar surface area (TPSA) is 161 Å². The molecule has 2 aliphatic heterocycles. The molecule has 1 N–H and O–H groups in total. The van der Waals surface area contributed by atoms with Crippen molar-refractivity contribution in [2.45, 2.75) is 132 Å². The van der Waals surface area contributed by atoms with E-state index in [0.29, 0.717) is 5.57 Å². The molecule has 0 saturated carbocycles. The summed E-state index contributed by atoms with van der Waals surface area (Å²) in [5.41, 5.74) is -3.37. The molecule has 0 radical (unpaired) electrons. The van der Waals surface area contributed by atoms with Gasteiger partial charge in [0.25, 0.3) is 5.78 Å². The molecular weight excluding hydrogens is 680 g/mol. The number of hydrogen-bond acceptors (Lipinski definition) is 12. The van der Waals surface area contributed by atoms with Gasteiger partial charge in [-0.1, -0.05) is 15.9 Å². The molecule has 13 heteroatoms. The van der Waals surface area contributed by atoms with Crippen LogP contribution >= 0.6 is 15.9 Å². The van der Waals surface area contributed by atoms with Crippen LogP contribution in [0, 0.1) is 21.7 Å². The Bertz CT molecular complexity index is 1310. The third kappa shape index (κ3) is 10.3. The Kier molecular flexibility index (Phi) is 12.6. The van der Waals surface area contributed by atoms with Crippen molar-refractivity contribution in [1.29, 1.82) is 0 Å². The molecule has 12 nitrogen and oxygen atoms in total. The minimum Gasteiger partial charge on any atom is -0.502 e. The largest absolute Gasteiger partial charge is 0.502 e. The van der Waals surface area contributed by atoms with E-state index in [4.69, 9.17) is 28.4 Å². The number of aliphatic hydroxyl groups excluding tert-OH is 1. The maximum Gasteiger partial charge on any atom is 0.312 e. The molecule has 5 atom stereocenters. The normalized spacial score (nSPS) is 25.1. The lowest BCUT2D eigenvalue weighted by Crippen LogP contribution is -2.62. The summed E-state index contributed by atoms with van der Waals surface area (Å²) in [5, 5.41) is 8.81.